The Morgan fingerprint density at radius 3 is 3.00 bits per heavy atom. The van der Waals surface area contributed by atoms with Gasteiger partial charge in [0.05, 0.1) is 11.6 Å². The maximum absolute atomic E-state index is 10.7. The maximum Gasteiger partial charge on any atom is 0.306 e. The first-order valence-electron chi connectivity index (χ1n) is 5.02. The number of carbonyl (C=O) groups is 1. The molecule has 1 unspecified atom stereocenters. The van der Waals surface area contributed by atoms with Gasteiger partial charge in [-0.3, -0.25) is 4.79 Å². The van der Waals surface area contributed by atoms with Crippen molar-refractivity contribution >= 4 is 23.5 Å². The highest BCUT2D eigenvalue weighted by Crippen LogP contribution is 2.31. The van der Waals surface area contributed by atoms with Crippen LogP contribution in [-0.2, 0) is 22.7 Å². The molecule has 1 atom stereocenters. The van der Waals surface area contributed by atoms with Crippen LogP contribution in [0.2, 0.25) is 0 Å². The molecular weight excluding hydrogens is 226 g/mol. The number of hydrogen-bond acceptors (Lipinski definition) is 5. The van der Waals surface area contributed by atoms with Gasteiger partial charge in [-0.2, -0.15) is 11.8 Å². The van der Waals surface area contributed by atoms with Crippen molar-refractivity contribution in [2.24, 2.45) is 5.92 Å². The molecule has 16 heavy (non-hydrogen) atoms. The fraction of sp³-hybridized carbons (Fsp3) is 0.500. The van der Waals surface area contributed by atoms with Gasteiger partial charge in [0.1, 0.15) is 11.6 Å². The lowest BCUT2D eigenvalue weighted by atomic mass is 10.1. The van der Waals surface area contributed by atoms with Gasteiger partial charge in [-0.15, -0.1) is 0 Å². The Kier molecular flexibility index (Phi) is 3.00. The predicted molar refractivity (Wildman–Crippen MR) is 61.9 cm³/mol. The molecule has 0 saturated carbocycles. The van der Waals surface area contributed by atoms with Crippen molar-refractivity contribution in [1.29, 1.82) is 0 Å². The first kappa shape index (κ1) is 11.2. The molecule has 2 heterocycles. The van der Waals surface area contributed by atoms with Crippen LogP contribution in [0.15, 0.2) is 0 Å². The van der Waals surface area contributed by atoms with Gasteiger partial charge < -0.3 is 10.8 Å². The first-order valence-corrected chi connectivity index (χ1v) is 6.18. The Balaban J connectivity index is 2.23. The summed E-state index contributed by atoms with van der Waals surface area (Å²) in [5.74, 6) is 1.42. The van der Waals surface area contributed by atoms with Crippen LogP contribution in [0.4, 0.5) is 5.82 Å². The lowest BCUT2D eigenvalue weighted by Gasteiger charge is -2.08. The molecule has 0 amide bonds. The minimum Gasteiger partial charge on any atom is -0.481 e. The molecule has 5 nitrogen and oxygen atoms in total. The minimum atomic E-state index is -0.836. The van der Waals surface area contributed by atoms with Crippen LogP contribution in [0.3, 0.4) is 0 Å². The lowest BCUT2D eigenvalue weighted by Crippen LogP contribution is -2.15. The minimum absolute atomic E-state index is 0.331. The Morgan fingerprint density at radius 1 is 1.56 bits per heavy atom. The Morgan fingerprint density at radius 2 is 2.31 bits per heavy atom. The summed E-state index contributed by atoms with van der Waals surface area (Å²) in [6, 6.07) is 0. The summed E-state index contributed by atoms with van der Waals surface area (Å²) in [6.45, 7) is 1.64. The van der Waals surface area contributed by atoms with Gasteiger partial charge in [0, 0.05) is 23.5 Å². The van der Waals surface area contributed by atoms with Crippen LogP contribution in [0.5, 0.6) is 0 Å². The van der Waals surface area contributed by atoms with Crippen molar-refractivity contribution in [2.75, 3.05) is 5.73 Å². The molecule has 86 valence electrons. The fourth-order valence-corrected chi connectivity index (χ4v) is 2.63. The number of aliphatic carboxylic acids is 1. The van der Waals surface area contributed by atoms with Crippen molar-refractivity contribution in [3.05, 3.63) is 17.1 Å². The molecule has 3 N–H and O–H groups in total. The van der Waals surface area contributed by atoms with E-state index in [4.69, 9.17) is 10.8 Å². The average molecular weight is 239 g/mol. The molecule has 0 aliphatic carbocycles. The average Bonchev–Trinajstić information content (AvgIpc) is 2.65. The van der Waals surface area contributed by atoms with Gasteiger partial charge in [-0.1, -0.05) is 6.92 Å². The zero-order valence-corrected chi connectivity index (χ0v) is 9.75. The van der Waals surface area contributed by atoms with E-state index in [0.29, 0.717) is 18.1 Å². The second-order valence-corrected chi connectivity index (χ2v) is 4.87. The zero-order chi connectivity index (χ0) is 11.7. The summed E-state index contributed by atoms with van der Waals surface area (Å²) in [5, 5.41) is 8.82. The van der Waals surface area contributed by atoms with Crippen LogP contribution < -0.4 is 5.73 Å². The standard InChI is InChI=1S/C10H13N3O2S/c1-5(10(14)15)2-8-12-7-4-16-3-6(7)9(11)13-8/h5H,2-4H2,1H3,(H,14,15)(H2,11,12,13). The number of nitrogens with two attached hydrogens (primary N) is 1. The van der Waals surface area contributed by atoms with Gasteiger partial charge in [-0.25, -0.2) is 9.97 Å². The molecule has 0 bridgehead atoms. The fourth-order valence-electron chi connectivity index (χ4n) is 1.58. The predicted octanol–water partition coefficient (Wildman–Crippen LogP) is 1.07. The molecule has 0 aromatic carbocycles. The number of nitrogens with zero attached hydrogens (tertiary/aromatic N) is 2. The smallest absolute Gasteiger partial charge is 0.306 e. The van der Waals surface area contributed by atoms with Crippen LogP contribution in [0.1, 0.15) is 24.0 Å². The highest BCUT2D eigenvalue weighted by Gasteiger charge is 2.20. The van der Waals surface area contributed by atoms with E-state index >= 15 is 0 Å². The van der Waals surface area contributed by atoms with Crippen LogP contribution in [-0.4, -0.2) is 21.0 Å². The monoisotopic (exact) mass is 239 g/mol. The second kappa shape index (κ2) is 4.29. The number of rotatable bonds is 3. The number of nitrogen functional groups attached to an aromatic ring is 1. The Labute approximate surface area is 97.5 Å². The topological polar surface area (TPSA) is 89.1 Å². The molecule has 2 rings (SSSR count). The summed E-state index contributed by atoms with van der Waals surface area (Å²) in [4.78, 5) is 19.2. The van der Waals surface area contributed by atoms with Gasteiger partial charge in [0.2, 0.25) is 0 Å². The molecule has 1 aromatic rings. The summed E-state index contributed by atoms with van der Waals surface area (Å²) in [6.07, 6.45) is 0.331. The van der Waals surface area contributed by atoms with Crippen LogP contribution in [0, 0.1) is 5.92 Å². The van der Waals surface area contributed by atoms with Crippen molar-refractivity contribution < 1.29 is 9.90 Å². The number of fused-ring (bicyclic) bond motifs is 1. The molecule has 0 saturated heterocycles. The van der Waals surface area contributed by atoms with Crippen molar-refractivity contribution in [3.63, 3.8) is 0 Å². The SMILES string of the molecule is CC(Cc1nc(N)c2c(n1)CSC2)C(=O)O. The van der Waals surface area contributed by atoms with Gasteiger partial charge >= 0.3 is 5.97 Å². The van der Waals surface area contributed by atoms with E-state index in [2.05, 4.69) is 9.97 Å². The highest BCUT2D eigenvalue weighted by atomic mass is 32.2. The number of hydrogen-bond donors (Lipinski definition) is 2. The van der Waals surface area contributed by atoms with E-state index in [9.17, 15) is 4.79 Å². The maximum atomic E-state index is 10.7. The summed E-state index contributed by atoms with van der Waals surface area (Å²) in [7, 11) is 0. The van der Waals surface area contributed by atoms with Gasteiger partial charge in [0.15, 0.2) is 0 Å². The van der Waals surface area contributed by atoms with Crippen LogP contribution in [0.25, 0.3) is 0 Å². The normalized spacial score (nSPS) is 15.8. The van der Waals surface area contributed by atoms with E-state index in [1.807, 2.05) is 0 Å². The van der Waals surface area contributed by atoms with E-state index < -0.39 is 11.9 Å². The number of carboxylic acids is 1. The van der Waals surface area contributed by atoms with E-state index in [1.54, 1.807) is 18.7 Å². The third-order valence-electron chi connectivity index (χ3n) is 2.57. The van der Waals surface area contributed by atoms with E-state index in [1.165, 1.54) is 0 Å². The Bertz CT molecular complexity index is 436. The summed E-state index contributed by atoms with van der Waals surface area (Å²) in [5.41, 5.74) is 7.79. The lowest BCUT2D eigenvalue weighted by molar-refractivity contribution is -0.141. The van der Waals surface area contributed by atoms with Crippen molar-refractivity contribution in [1.82, 2.24) is 9.97 Å². The molecule has 0 fully saturated rings. The van der Waals surface area contributed by atoms with E-state index in [0.717, 1.165) is 22.8 Å². The van der Waals surface area contributed by atoms with Crippen LogP contribution >= 0.6 is 11.8 Å². The first-order chi connectivity index (χ1) is 7.58. The Hall–Kier alpha value is -1.30. The molecule has 0 spiro atoms. The number of anilines is 1. The van der Waals surface area contributed by atoms with Crippen molar-refractivity contribution in [3.8, 4) is 0 Å². The van der Waals surface area contributed by atoms with Gasteiger partial charge in [0.25, 0.3) is 0 Å². The summed E-state index contributed by atoms with van der Waals surface area (Å²) >= 11 is 1.75. The third-order valence-corrected chi connectivity index (χ3v) is 3.54. The summed E-state index contributed by atoms with van der Waals surface area (Å²) < 4.78 is 0. The van der Waals surface area contributed by atoms with Gasteiger partial charge in [-0.05, 0) is 0 Å². The number of aromatic nitrogens is 2. The number of thioether (sulfide) groups is 1. The zero-order valence-electron chi connectivity index (χ0n) is 8.93. The van der Waals surface area contributed by atoms with E-state index in [-0.39, 0.29) is 0 Å². The van der Waals surface area contributed by atoms with Crippen molar-refractivity contribution in [2.45, 2.75) is 24.9 Å². The third kappa shape index (κ3) is 2.11. The molecule has 1 aliphatic rings. The largest absolute Gasteiger partial charge is 0.481 e. The number of carboxylic acid groups (broad SMARTS) is 1. The molecule has 1 aliphatic heterocycles. The molecular formula is C10H13N3O2S. The molecule has 0 radical (unpaired) electrons. The molecule has 6 heteroatoms. The second-order valence-electron chi connectivity index (χ2n) is 3.89. The quantitative estimate of drug-likeness (QED) is 0.820. The molecule has 1 aromatic heterocycles. The highest BCUT2D eigenvalue weighted by molar-refractivity contribution is 7.98.